The van der Waals surface area contributed by atoms with Crippen molar-refractivity contribution in [2.75, 3.05) is 19.7 Å². The summed E-state index contributed by atoms with van der Waals surface area (Å²) in [5.41, 5.74) is 0.287. The van der Waals surface area contributed by atoms with Gasteiger partial charge in [-0.2, -0.15) is 4.98 Å². The Bertz CT molecular complexity index is 952. The number of carbonyl (C=O) groups is 1. The Hall–Kier alpha value is -2.30. The highest BCUT2D eigenvalue weighted by Crippen LogP contribution is 2.15. The first-order valence-corrected chi connectivity index (χ1v) is 11.7. The first-order chi connectivity index (χ1) is 14.3. The van der Waals surface area contributed by atoms with Gasteiger partial charge in [0, 0.05) is 37.6 Å². The third kappa shape index (κ3) is 6.10. The van der Waals surface area contributed by atoms with Crippen LogP contribution in [0.5, 0.6) is 0 Å². The second kappa shape index (κ2) is 10.1. The van der Waals surface area contributed by atoms with Crippen molar-refractivity contribution in [1.29, 1.82) is 0 Å². The van der Waals surface area contributed by atoms with E-state index in [1.54, 1.807) is 12.1 Å². The maximum Gasteiger partial charge on any atom is 0.251 e. The molecule has 1 unspecified atom stereocenters. The maximum atomic E-state index is 12.5. The molecule has 164 valence electrons. The average molecular weight is 437 g/mol. The van der Waals surface area contributed by atoms with Crippen molar-refractivity contribution < 1.29 is 22.5 Å². The predicted octanol–water partition coefficient (Wildman–Crippen LogP) is 2.01. The summed E-state index contributed by atoms with van der Waals surface area (Å²) in [6.07, 6.45) is 2.87. The summed E-state index contributed by atoms with van der Waals surface area (Å²) < 4.78 is 38.2. The fourth-order valence-corrected chi connectivity index (χ4v) is 4.16. The minimum atomic E-state index is -3.71. The lowest BCUT2D eigenvalue weighted by Crippen LogP contribution is -2.32. The lowest BCUT2D eigenvalue weighted by Gasteiger charge is -2.12. The second-order valence-electron chi connectivity index (χ2n) is 7.58. The third-order valence-electron chi connectivity index (χ3n) is 4.78. The first kappa shape index (κ1) is 22.4. The Balaban J connectivity index is 1.49. The number of benzene rings is 1. The number of ether oxygens (including phenoxy) is 1. The number of aryl methyl sites for hydroxylation is 1. The molecule has 0 spiro atoms. The van der Waals surface area contributed by atoms with E-state index in [1.807, 2.05) is 13.8 Å². The van der Waals surface area contributed by atoms with Gasteiger partial charge in [0.1, 0.15) is 0 Å². The van der Waals surface area contributed by atoms with Crippen LogP contribution >= 0.6 is 0 Å². The van der Waals surface area contributed by atoms with Crippen molar-refractivity contribution in [1.82, 2.24) is 20.2 Å². The zero-order chi connectivity index (χ0) is 21.6. The van der Waals surface area contributed by atoms with Gasteiger partial charge in [-0.1, -0.05) is 25.1 Å². The summed E-state index contributed by atoms with van der Waals surface area (Å²) in [5, 5.41) is 6.70. The fraction of sp³-hybridized carbons (Fsp3) is 0.550. The van der Waals surface area contributed by atoms with Crippen LogP contribution in [0.25, 0.3) is 0 Å². The van der Waals surface area contributed by atoms with Gasteiger partial charge in [0.25, 0.3) is 5.91 Å². The molecule has 10 heteroatoms. The molecule has 1 fully saturated rings. The van der Waals surface area contributed by atoms with E-state index in [2.05, 4.69) is 20.2 Å². The largest absolute Gasteiger partial charge is 0.377 e. The van der Waals surface area contributed by atoms with Gasteiger partial charge < -0.3 is 14.6 Å². The summed E-state index contributed by atoms with van der Waals surface area (Å²) >= 11 is 0. The number of hydrogen-bond acceptors (Lipinski definition) is 7. The van der Waals surface area contributed by atoms with E-state index in [-0.39, 0.29) is 34.9 Å². The van der Waals surface area contributed by atoms with E-state index < -0.39 is 10.0 Å². The van der Waals surface area contributed by atoms with E-state index >= 15 is 0 Å². The number of amides is 1. The van der Waals surface area contributed by atoms with Crippen LogP contribution in [0.15, 0.2) is 33.7 Å². The van der Waals surface area contributed by atoms with Crippen LogP contribution < -0.4 is 10.0 Å². The van der Waals surface area contributed by atoms with Gasteiger partial charge in [-0.3, -0.25) is 4.79 Å². The highest BCUT2D eigenvalue weighted by molar-refractivity contribution is 7.89. The van der Waals surface area contributed by atoms with Crippen molar-refractivity contribution in [2.45, 2.75) is 56.4 Å². The van der Waals surface area contributed by atoms with Gasteiger partial charge in [-0.25, -0.2) is 13.1 Å². The Morgan fingerprint density at radius 2 is 2.17 bits per heavy atom. The van der Waals surface area contributed by atoms with Crippen LogP contribution in [0.2, 0.25) is 0 Å². The highest BCUT2D eigenvalue weighted by Gasteiger charge is 2.21. The average Bonchev–Trinajstić information content (AvgIpc) is 3.42. The molecular weight excluding hydrogens is 408 g/mol. The molecule has 0 aliphatic carbocycles. The lowest BCUT2D eigenvalue weighted by atomic mass is 10.2. The SMILES string of the molecule is CC(C)c1noc(CCCNC(=O)c2cccc(S(=O)(=O)NCC3CCCO3)c2)n1. The zero-order valence-corrected chi connectivity index (χ0v) is 18.1. The molecule has 1 saturated heterocycles. The molecule has 2 N–H and O–H groups in total. The second-order valence-corrected chi connectivity index (χ2v) is 9.34. The molecule has 2 aromatic rings. The monoisotopic (exact) mass is 436 g/mol. The molecule has 1 atom stereocenters. The summed E-state index contributed by atoms with van der Waals surface area (Å²) in [7, 11) is -3.71. The normalized spacial score (nSPS) is 16.8. The van der Waals surface area contributed by atoms with E-state index in [0.717, 1.165) is 12.8 Å². The van der Waals surface area contributed by atoms with Gasteiger partial charge in [0.05, 0.1) is 11.0 Å². The number of aromatic nitrogens is 2. The van der Waals surface area contributed by atoms with Crippen LogP contribution in [0.3, 0.4) is 0 Å². The van der Waals surface area contributed by atoms with Crippen LogP contribution in [-0.2, 0) is 21.2 Å². The van der Waals surface area contributed by atoms with Crippen LogP contribution in [0.1, 0.15) is 61.1 Å². The van der Waals surface area contributed by atoms with Gasteiger partial charge in [0.15, 0.2) is 5.82 Å². The van der Waals surface area contributed by atoms with Crippen molar-refractivity contribution in [3.8, 4) is 0 Å². The Morgan fingerprint density at radius 1 is 1.33 bits per heavy atom. The van der Waals surface area contributed by atoms with Crippen molar-refractivity contribution in [3.05, 3.63) is 41.5 Å². The van der Waals surface area contributed by atoms with E-state index in [1.165, 1.54) is 12.1 Å². The molecule has 30 heavy (non-hydrogen) atoms. The lowest BCUT2D eigenvalue weighted by molar-refractivity contribution is 0.0952. The van der Waals surface area contributed by atoms with E-state index in [9.17, 15) is 13.2 Å². The third-order valence-corrected chi connectivity index (χ3v) is 6.21. The number of sulfonamides is 1. The molecule has 0 saturated carbocycles. The first-order valence-electron chi connectivity index (χ1n) is 10.2. The summed E-state index contributed by atoms with van der Waals surface area (Å²) in [6, 6.07) is 5.99. The van der Waals surface area contributed by atoms with Gasteiger partial charge in [-0.15, -0.1) is 0 Å². The predicted molar refractivity (Wildman–Crippen MR) is 110 cm³/mol. The number of carbonyl (C=O) groups excluding carboxylic acids is 1. The minimum Gasteiger partial charge on any atom is -0.377 e. The Kier molecular flexibility index (Phi) is 7.57. The van der Waals surface area contributed by atoms with Gasteiger partial charge >= 0.3 is 0 Å². The van der Waals surface area contributed by atoms with E-state index in [0.29, 0.717) is 37.7 Å². The molecule has 9 nitrogen and oxygen atoms in total. The van der Waals surface area contributed by atoms with E-state index in [4.69, 9.17) is 9.26 Å². The topological polar surface area (TPSA) is 123 Å². The van der Waals surface area contributed by atoms with Gasteiger partial charge in [0.2, 0.25) is 15.9 Å². The quantitative estimate of drug-likeness (QED) is 0.546. The molecule has 1 aromatic heterocycles. The number of nitrogens with one attached hydrogen (secondary N) is 2. The number of hydrogen-bond donors (Lipinski definition) is 2. The Labute approximate surface area is 176 Å². The zero-order valence-electron chi connectivity index (χ0n) is 17.3. The molecule has 0 radical (unpaired) electrons. The molecule has 1 aromatic carbocycles. The minimum absolute atomic E-state index is 0.0558. The molecule has 1 amide bonds. The molecule has 2 heterocycles. The van der Waals surface area contributed by atoms with Crippen LogP contribution in [0, 0.1) is 0 Å². The molecular formula is C20H28N4O5S. The summed E-state index contributed by atoms with van der Waals surface area (Å²) in [4.78, 5) is 16.7. The molecule has 1 aliphatic heterocycles. The molecule has 1 aliphatic rings. The standard InChI is InChI=1S/C20H28N4O5S/c1-14(2)19-23-18(29-24-19)9-4-10-21-20(25)15-6-3-8-17(12-15)30(26,27)22-13-16-7-5-11-28-16/h3,6,8,12,14,16,22H,4-5,7,9-11,13H2,1-2H3,(H,21,25). The number of nitrogens with zero attached hydrogens (tertiary/aromatic N) is 2. The van der Waals surface area contributed by atoms with Crippen molar-refractivity contribution >= 4 is 15.9 Å². The highest BCUT2D eigenvalue weighted by atomic mass is 32.2. The summed E-state index contributed by atoms with van der Waals surface area (Å²) in [5.74, 6) is 1.07. The fourth-order valence-electron chi connectivity index (χ4n) is 3.04. The molecule has 0 bridgehead atoms. The Morgan fingerprint density at radius 3 is 2.87 bits per heavy atom. The van der Waals surface area contributed by atoms with Gasteiger partial charge in [-0.05, 0) is 37.5 Å². The molecule has 3 rings (SSSR count). The summed E-state index contributed by atoms with van der Waals surface area (Å²) in [6.45, 7) is 5.27. The van der Waals surface area contributed by atoms with Crippen molar-refractivity contribution in [3.63, 3.8) is 0 Å². The van der Waals surface area contributed by atoms with Crippen LogP contribution in [-0.4, -0.2) is 50.3 Å². The number of rotatable bonds is 10. The smallest absolute Gasteiger partial charge is 0.251 e. The maximum absolute atomic E-state index is 12.5. The van der Waals surface area contributed by atoms with Crippen LogP contribution in [0.4, 0.5) is 0 Å². The van der Waals surface area contributed by atoms with Crippen molar-refractivity contribution in [2.24, 2.45) is 0 Å².